The molecule has 176 valence electrons. The first-order chi connectivity index (χ1) is 15.4. The zero-order chi connectivity index (χ0) is 24.4. The summed E-state index contributed by atoms with van der Waals surface area (Å²) in [4.78, 5) is 28.0. The molecule has 3 rings (SSSR count). The predicted molar refractivity (Wildman–Crippen MR) is 97.9 cm³/mol. The molecule has 8 nitrogen and oxygen atoms in total. The van der Waals surface area contributed by atoms with Crippen molar-refractivity contribution in [1.29, 1.82) is 0 Å². The molecule has 33 heavy (non-hydrogen) atoms. The molecule has 0 unspecified atom stereocenters. The Morgan fingerprint density at radius 1 is 1.06 bits per heavy atom. The van der Waals surface area contributed by atoms with Gasteiger partial charge in [-0.25, -0.2) is 4.79 Å². The van der Waals surface area contributed by atoms with Gasteiger partial charge in [-0.1, -0.05) is 0 Å². The van der Waals surface area contributed by atoms with E-state index in [-0.39, 0.29) is 24.8 Å². The molecule has 0 N–H and O–H groups in total. The van der Waals surface area contributed by atoms with Crippen LogP contribution in [0.3, 0.4) is 0 Å². The average molecular weight is 475 g/mol. The molecule has 1 aromatic carbocycles. The molecule has 0 saturated carbocycles. The molecule has 0 atom stereocenters. The fourth-order valence-corrected chi connectivity index (χ4v) is 3.20. The topological polar surface area (TPSA) is 101 Å². The number of carbonyl (C=O) groups is 2. The van der Waals surface area contributed by atoms with E-state index in [4.69, 9.17) is 10.3 Å². The summed E-state index contributed by atoms with van der Waals surface area (Å²) in [6.45, 7) is -0.352. The van der Waals surface area contributed by atoms with Crippen LogP contribution in [0.4, 0.5) is 31.1 Å². The van der Waals surface area contributed by atoms with Gasteiger partial charge in [0.25, 0.3) is 5.78 Å². The molecule has 2 aromatic rings. The van der Waals surface area contributed by atoms with E-state index in [0.717, 1.165) is 0 Å². The highest BCUT2D eigenvalue weighted by Gasteiger charge is 2.37. The number of rotatable bonds is 4. The van der Waals surface area contributed by atoms with Gasteiger partial charge in [-0.15, -0.1) is 0 Å². The van der Waals surface area contributed by atoms with Gasteiger partial charge in [-0.2, -0.15) is 36.2 Å². The Morgan fingerprint density at radius 2 is 1.70 bits per heavy atom. The quantitative estimate of drug-likeness (QED) is 0.220. The first-order valence-electron chi connectivity index (χ1n) is 9.37. The molecule has 0 radical (unpaired) electrons. The number of hydrogen-bond acceptors (Lipinski definition) is 4. The van der Waals surface area contributed by atoms with E-state index in [1.165, 1.54) is 15.6 Å². The maximum Gasteiger partial charge on any atom is 0.416 e. The summed E-state index contributed by atoms with van der Waals surface area (Å²) in [5, 5.41) is 4.05. The molecule has 0 saturated heterocycles. The fourth-order valence-electron chi connectivity index (χ4n) is 3.20. The Labute approximate surface area is 182 Å². The van der Waals surface area contributed by atoms with Crippen LogP contribution in [0, 0.1) is 0 Å². The number of ketones is 1. The first kappa shape index (κ1) is 24.0. The van der Waals surface area contributed by atoms with Crippen LogP contribution < -0.4 is 0 Å². The molecule has 0 spiro atoms. The molecule has 1 aliphatic rings. The van der Waals surface area contributed by atoms with Crippen molar-refractivity contribution in [1.82, 2.24) is 14.7 Å². The minimum Gasteiger partial charge on any atom is -0.445 e. The number of ether oxygens (including phenoxy) is 1. The van der Waals surface area contributed by atoms with Crippen molar-refractivity contribution >= 4 is 18.1 Å². The van der Waals surface area contributed by atoms with E-state index in [0.29, 0.717) is 37.0 Å². The minimum atomic E-state index is -5.01. The lowest BCUT2D eigenvalue weighted by Gasteiger charge is -2.20. The molecule has 0 bridgehead atoms. The van der Waals surface area contributed by atoms with Crippen molar-refractivity contribution in [2.75, 3.05) is 6.54 Å². The van der Waals surface area contributed by atoms with Crippen LogP contribution in [0.25, 0.3) is 5.53 Å². The second-order valence-electron chi connectivity index (χ2n) is 7.10. The van der Waals surface area contributed by atoms with Gasteiger partial charge in [0.15, 0.2) is 0 Å². The summed E-state index contributed by atoms with van der Waals surface area (Å²) in [5.41, 5.74) is 5.38. The van der Waals surface area contributed by atoms with Crippen molar-refractivity contribution in [3.05, 3.63) is 57.9 Å². The van der Waals surface area contributed by atoms with Crippen LogP contribution in [0.5, 0.6) is 0 Å². The molecule has 1 amide bonds. The van der Waals surface area contributed by atoms with E-state index < -0.39 is 47.5 Å². The minimum absolute atomic E-state index is 0.0122. The lowest BCUT2D eigenvalue weighted by molar-refractivity contribution is -0.143. The van der Waals surface area contributed by atoms with E-state index in [1.807, 2.05) is 0 Å². The zero-order valence-electron chi connectivity index (χ0n) is 16.7. The van der Waals surface area contributed by atoms with Gasteiger partial charge < -0.3 is 15.2 Å². The average Bonchev–Trinajstić information content (AvgIpc) is 3.02. The Hall–Kier alpha value is -3.67. The number of aryl methyl sites for hydroxylation is 1. The Kier molecular flexibility index (Phi) is 6.58. The van der Waals surface area contributed by atoms with Gasteiger partial charge in [0.05, 0.1) is 23.4 Å². The molecule has 1 aliphatic heterocycles. The number of alkyl halides is 6. The lowest BCUT2D eigenvalue weighted by atomic mass is 10.1. The molecular formula is C19H15F6N5O3. The lowest BCUT2D eigenvalue weighted by Crippen LogP contribution is -2.31. The number of amides is 1. The summed E-state index contributed by atoms with van der Waals surface area (Å²) in [6.07, 6.45) is -9.94. The summed E-state index contributed by atoms with van der Waals surface area (Å²) < 4.78 is 84.3. The van der Waals surface area contributed by atoms with Crippen molar-refractivity contribution in [3.63, 3.8) is 0 Å². The maximum atomic E-state index is 13.0. The number of hydrogen-bond donors (Lipinski definition) is 0. The van der Waals surface area contributed by atoms with Crippen LogP contribution >= 0.6 is 0 Å². The number of carbonyl (C=O) groups excluding carboxylic acids is 2. The fraction of sp³-hybridized carbons (Fsp3) is 0.368. The Bertz CT molecular complexity index is 1090. The highest BCUT2D eigenvalue weighted by atomic mass is 19.4. The largest absolute Gasteiger partial charge is 0.445 e. The standard InChI is InChI=1S/C19H15F6N5O3/c20-18(21,22)12-4-11(5-13(6-12)19(23,24)25)10-33-17(32)29-2-1-3-30-14(9-29)7-15(28-30)16(31)8-27-26/h4-8H,1-3,9-10H2. The number of fused-ring (bicyclic) bond motifs is 1. The van der Waals surface area contributed by atoms with E-state index in [9.17, 15) is 35.9 Å². The van der Waals surface area contributed by atoms with Gasteiger partial charge in [0.2, 0.25) is 0 Å². The van der Waals surface area contributed by atoms with Crippen LogP contribution in [0.15, 0.2) is 24.3 Å². The third kappa shape index (κ3) is 5.77. The summed E-state index contributed by atoms with van der Waals surface area (Å²) in [6, 6.07) is 2.33. The maximum absolute atomic E-state index is 13.0. The van der Waals surface area contributed by atoms with Gasteiger partial charge in [0, 0.05) is 13.1 Å². The van der Waals surface area contributed by atoms with Crippen LogP contribution in [-0.4, -0.2) is 44.1 Å². The molecule has 14 heteroatoms. The van der Waals surface area contributed by atoms with Crippen molar-refractivity contribution < 1.29 is 45.5 Å². The Morgan fingerprint density at radius 3 is 2.27 bits per heavy atom. The number of nitrogens with zero attached hydrogens (tertiary/aromatic N) is 5. The van der Waals surface area contributed by atoms with Crippen LogP contribution in [0.2, 0.25) is 0 Å². The molecular weight excluding hydrogens is 460 g/mol. The van der Waals surface area contributed by atoms with Crippen molar-refractivity contribution in [2.45, 2.75) is 38.5 Å². The van der Waals surface area contributed by atoms with E-state index >= 15 is 0 Å². The second-order valence-corrected chi connectivity index (χ2v) is 7.10. The summed E-state index contributed by atoms with van der Waals surface area (Å²) in [5.74, 6) is -0.669. The highest BCUT2D eigenvalue weighted by Crippen LogP contribution is 2.36. The molecule has 0 aliphatic carbocycles. The molecule has 2 heterocycles. The number of aromatic nitrogens is 2. The summed E-state index contributed by atoms with van der Waals surface area (Å²) in [7, 11) is 0. The van der Waals surface area contributed by atoms with Gasteiger partial charge >= 0.3 is 24.7 Å². The molecule has 1 aromatic heterocycles. The van der Waals surface area contributed by atoms with Crippen LogP contribution in [-0.2, 0) is 36.8 Å². The highest BCUT2D eigenvalue weighted by molar-refractivity contribution is 6.32. The second kappa shape index (κ2) is 9.06. The third-order valence-corrected chi connectivity index (χ3v) is 4.71. The summed E-state index contributed by atoms with van der Waals surface area (Å²) >= 11 is 0. The number of Topliss-reactive ketones (excluding diaryl/α,β-unsaturated/α-hetero) is 1. The van der Waals surface area contributed by atoms with Crippen molar-refractivity contribution in [3.8, 4) is 0 Å². The SMILES string of the molecule is [N-]=[N+]=CC(=O)c1cc2n(n1)CCCN(C(=O)OCc1cc(C(F)(F)F)cc(C(F)(F)F)c1)C2. The zero-order valence-corrected chi connectivity index (χ0v) is 16.7. The molecule has 0 fully saturated rings. The third-order valence-electron chi connectivity index (χ3n) is 4.71. The smallest absolute Gasteiger partial charge is 0.416 e. The number of halogens is 6. The monoisotopic (exact) mass is 475 g/mol. The van der Waals surface area contributed by atoms with Gasteiger partial charge in [-0.05, 0) is 36.2 Å². The Balaban J connectivity index is 1.74. The predicted octanol–water partition coefficient (Wildman–Crippen LogP) is 3.95. The normalized spacial score (nSPS) is 14.2. The van der Waals surface area contributed by atoms with Gasteiger partial charge in [-0.3, -0.25) is 9.48 Å². The first-order valence-corrected chi connectivity index (χ1v) is 9.37. The van der Waals surface area contributed by atoms with E-state index in [1.54, 1.807) is 0 Å². The van der Waals surface area contributed by atoms with E-state index in [2.05, 4.69) is 9.89 Å². The van der Waals surface area contributed by atoms with Gasteiger partial charge in [0.1, 0.15) is 12.3 Å². The number of benzene rings is 1. The van der Waals surface area contributed by atoms with Crippen molar-refractivity contribution in [2.24, 2.45) is 0 Å². The van der Waals surface area contributed by atoms with Crippen LogP contribution in [0.1, 0.15) is 39.3 Å².